The summed E-state index contributed by atoms with van der Waals surface area (Å²) in [5.74, 6) is 2.80. The lowest BCUT2D eigenvalue weighted by Gasteiger charge is -2.12. The maximum Gasteiger partial charge on any atom is 0.156 e. The number of imidazole rings is 1. The zero-order valence-electron chi connectivity index (χ0n) is 8.67. The fourth-order valence-electron chi connectivity index (χ4n) is 1.95. The molecule has 0 radical (unpaired) electrons. The first-order chi connectivity index (χ1) is 7.81. The minimum Gasteiger partial charge on any atom is -0.374 e. The van der Waals surface area contributed by atoms with Crippen molar-refractivity contribution in [1.82, 2.24) is 14.4 Å². The zero-order valence-corrected chi connectivity index (χ0v) is 8.67. The summed E-state index contributed by atoms with van der Waals surface area (Å²) in [6.45, 7) is 0. The third-order valence-electron chi connectivity index (χ3n) is 2.91. The molecule has 1 unspecified atom stereocenters. The Morgan fingerprint density at radius 3 is 3.00 bits per heavy atom. The van der Waals surface area contributed by atoms with Crippen LogP contribution < -0.4 is 0 Å². The lowest BCUT2D eigenvalue weighted by atomic mass is 10.1. The molecule has 0 aromatic carbocycles. The summed E-state index contributed by atoms with van der Waals surface area (Å²) < 4.78 is 1.82. The van der Waals surface area contributed by atoms with Crippen molar-refractivity contribution in [3.63, 3.8) is 0 Å². The molecule has 80 valence electrons. The van der Waals surface area contributed by atoms with Gasteiger partial charge in [-0.2, -0.15) is 0 Å². The topological polar surface area (TPSA) is 50.4 Å². The van der Waals surface area contributed by atoms with E-state index in [1.54, 1.807) is 18.7 Å². The molecule has 2 aromatic rings. The van der Waals surface area contributed by atoms with Crippen LogP contribution in [0.3, 0.4) is 0 Å². The lowest BCUT2D eigenvalue weighted by Crippen LogP contribution is -2.08. The normalized spacial score (nSPS) is 17.2. The third kappa shape index (κ3) is 1.29. The highest BCUT2D eigenvalue weighted by Gasteiger charge is 2.30. The number of aromatic nitrogens is 3. The minimum absolute atomic E-state index is 0.449. The van der Waals surface area contributed by atoms with Gasteiger partial charge in [0.05, 0.1) is 35.6 Å². The Balaban J connectivity index is 2.28. The molecular formula is C12H11N3O. The molecule has 4 heteroatoms. The number of nitrogens with zero attached hydrogens (tertiary/aromatic N) is 3. The number of rotatable bonds is 2. The molecule has 0 amide bonds. The minimum atomic E-state index is -0.916. The molecule has 1 atom stereocenters. The van der Waals surface area contributed by atoms with Gasteiger partial charge in [0.15, 0.2) is 6.10 Å². The Morgan fingerprint density at radius 1 is 1.50 bits per heavy atom. The van der Waals surface area contributed by atoms with Gasteiger partial charge in [0.1, 0.15) is 0 Å². The summed E-state index contributed by atoms with van der Waals surface area (Å²) in [5, 5.41) is 9.88. The van der Waals surface area contributed by atoms with E-state index in [0.29, 0.717) is 11.6 Å². The fourth-order valence-corrected chi connectivity index (χ4v) is 1.95. The van der Waals surface area contributed by atoms with Crippen LogP contribution in [0.2, 0.25) is 0 Å². The molecule has 16 heavy (non-hydrogen) atoms. The standard InChI is InChI=1S/C12H11N3O/c1-2-10(16)12-11(8-3-4-8)14-6-9-5-13-7-15(9)12/h1,5-8,10,16H,3-4H2. The Morgan fingerprint density at radius 2 is 2.31 bits per heavy atom. The number of hydrogen-bond donors (Lipinski definition) is 1. The molecule has 2 heterocycles. The summed E-state index contributed by atoms with van der Waals surface area (Å²) in [4.78, 5) is 8.44. The second kappa shape index (κ2) is 3.32. The van der Waals surface area contributed by atoms with Gasteiger partial charge >= 0.3 is 0 Å². The van der Waals surface area contributed by atoms with Crippen molar-refractivity contribution in [2.45, 2.75) is 24.9 Å². The number of aliphatic hydroxyl groups excluding tert-OH is 1. The van der Waals surface area contributed by atoms with Crippen molar-refractivity contribution < 1.29 is 5.11 Å². The van der Waals surface area contributed by atoms with Gasteiger partial charge in [-0.25, -0.2) is 4.98 Å². The molecule has 0 aliphatic heterocycles. The highest BCUT2D eigenvalue weighted by molar-refractivity contribution is 5.46. The number of aliphatic hydroxyl groups is 1. The maximum atomic E-state index is 9.88. The van der Waals surface area contributed by atoms with E-state index in [-0.39, 0.29) is 0 Å². The molecule has 1 saturated carbocycles. The van der Waals surface area contributed by atoms with Crippen molar-refractivity contribution >= 4 is 5.52 Å². The van der Waals surface area contributed by atoms with Crippen LogP contribution in [0.15, 0.2) is 18.7 Å². The number of fused-ring (bicyclic) bond motifs is 1. The Kier molecular flexibility index (Phi) is 1.95. The van der Waals surface area contributed by atoms with Gasteiger partial charge in [-0.05, 0) is 12.8 Å². The van der Waals surface area contributed by atoms with Gasteiger partial charge in [-0.1, -0.05) is 5.92 Å². The molecule has 1 aliphatic carbocycles. The van der Waals surface area contributed by atoms with Crippen LogP contribution in [0, 0.1) is 12.3 Å². The summed E-state index contributed by atoms with van der Waals surface area (Å²) in [6, 6.07) is 0. The molecule has 3 rings (SSSR count). The second-order valence-corrected chi connectivity index (χ2v) is 4.06. The van der Waals surface area contributed by atoms with Crippen molar-refractivity contribution in [2.75, 3.05) is 0 Å². The molecular weight excluding hydrogens is 202 g/mol. The highest BCUT2D eigenvalue weighted by Crippen LogP contribution is 2.41. The van der Waals surface area contributed by atoms with E-state index in [1.807, 2.05) is 4.40 Å². The van der Waals surface area contributed by atoms with Crippen LogP contribution in [0.5, 0.6) is 0 Å². The van der Waals surface area contributed by atoms with Crippen LogP contribution in [0.1, 0.15) is 36.3 Å². The van der Waals surface area contributed by atoms with E-state index in [4.69, 9.17) is 6.42 Å². The first-order valence-electron chi connectivity index (χ1n) is 5.26. The maximum absolute atomic E-state index is 9.88. The predicted molar refractivity (Wildman–Crippen MR) is 58.8 cm³/mol. The van der Waals surface area contributed by atoms with Gasteiger partial charge in [0.2, 0.25) is 0 Å². The molecule has 1 aliphatic rings. The monoisotopic (exact) mass is 213 g/mol. The van der Waals surface area contributed by atoms with Crippen molar-refractivity contribution in [2.24, 2.45) is 0 Å². The van der Waals surface area contributed by atoms with E-state index in [1.165, 1.54) is 0 Å². The third-order valence-corrected chi connectivity index (χ3v) is 2.91. The van der Waals surface area contributed by atoms with Gasteiger partial charge in [0, 0.05) is 5.92 Å². The fraction of sp³-hybridized carbons (Fsp3) is 0.333. The lowest BCUT2D eigenvalue weighted by molar-refractivity contribution is 0.230. The molecule has 0 bridgehead atoms. The Bertz CT molecular complexity index is 577. The number of hydrogen-bond acceptors (Lipinski definition) is 3. The van der Waals surface area contributed by atoms with Crippen LogP contribution >= 0.6 is 0 Å². The van der Waals surface area contributed by atoms with Gasteiger partial charge in [-0.3, -0.25) is 9.38 Å². The smallest absolute Gasteiger partial charge is 0.156 e. The van der Waals surface area contributed by atoms with E-state index >= 15 is 0 Å². The Hall–Kier alpha value is -1.86. The zero-order chi connectivity index (χ0) is 11.1. The van der Waals surface area contributed by atoms with Crippen LogP contribution in [0.25, 0.3) is 5.52 Å². The van der Waals surface area contributed by atoms with Gasteiger partial charge in [0.25, 0.3) is 0 Å². The largest absolute Gasteiger partial charge is 0.374 e. The molecule has 1 N–H and O–H groups in total. The van der Waals surface area contributed by atoms with E-state index in [2.05, 4.69) is 15.9 Å². The average Bonchev–Trinajstić information content (AvgIpc) is 3.04. The molecule has 4 nitrogen and oxygen atoms in total. The molecule has 1 fully saturated rings. The van der Waals surface area contributed by atoms with Gasteiger partial charge < -0.3 is 5.11 Å². The van der Waals surface area contributed by atoms with E-state index in [9.17, 15) is 5.11 Å². The average molecular weight is 213 g/mol. The van der Waals surface area contributed by atoms with Crippen molar-refractivity contribution in [1.29, 1.82) is 0 Å². The van der Waals surface area contributed by atoms with Gasteiger partial charge in [-0.15, -0.1) is 6.42 Å². The van der Waals surface area contributed by atoms with Crippen LogP contribution in [-0.2, 0) is 0 Å². The SMILES string of the molecule is C#CC(O)c1c(C2CC2)ncc2cncn12. The summed E-state index contributed by atoms with van der Waals surface area (Å²) in [7, 11) is 0. The van der Waals surface area contributed by atoms with Crippen LogP contribution in [0.4, 0.5) is 0 Å². The van der Waals surface area contributed by atoms with E-state index in [0.717, 1.165) is 24.1 Å². The summed E-state index contributed by atoms with van der Waals surface area (Å²) in [6.07, 6.45) is 11.8. The molecule has 0 spiro atoms. The summed E-state index contributed by atoms with van der Waals surface area (Å²) >= 11 is 0. The first-order valence-corrected chi connectivity index (χ1v) is 5.26. The van der Waals surface area contributed by atoms with Crippen molar-refractivity contribution in [3.05, 3.63) is 30.1 Å². The summed E-state index contributed by atoms with van der Waals surface area (Å²) in [5.41, 5.74) is 2.46. The second-order valence-electron chi connectivity index (χ2n) is 4.06. The number of terminal acetylenes is 1. The van der Waals surface area contributed by atoms with Crippen molar-refractivity contribution in [3.8, 4) is 12.3 Å². The highest BCUT2D eigenvalue weighted by atomic mass is 16.3. The predicted octanol–water partition coefficient (Wildman–Crippen LogP) is 1.27. The van der Waals surface area contributed by atoms with E-state index < -0.39 is 6.10 Å². The molecule has 2 aromatic heterocycles. The quantitative estimate of drug-likeness (QED) is 0.764. The molecule has 0 saturated heterocycles. The Labute approximate surface area is 93.0 Å². The first kappa shape index (κ1) is 9.37. The van der Waals surface area contributed by atoms with Crippen LogP contribution in [-0.4, -0.2) is 19.5 Å².